The van der Waals surface area contributed by atoms with Gasteiger partial charge < -0.3 is 6.42 Å². The van der Waals surface area contributed by atoms with Gasteiger partial charge in [-0.1, -0.05) is 41.9 Å². The molecular formula is C24H15ClN2Pt. The molecule has 0 unspecified atom stereocenters. The molecule has 0 amide bonds. The molecule has 2 aromatic heterocycles. The van der Waals surface area contributed by atoms with Gasteiger partial charge >= 0.3 is 21.1 Å². The number of rotatable bonds is 2. The molecule has 0 fully saturated rings. The third kappa shape index (κ3) is 6.17. The van der Waals surface area contributed by atoms with E-state index >= 15 is 0 Å². The molecule has 0 saturated heterocycles. The van der Waals surface area contributed by atoms with Crippen molar-refractivity contribution in [2.45, 2.75) is 0 Å². The maximum atomic E-state index is 6.72. The van der Waals surface area contributed by atoms with Gasteiger partial charge in [0.2, 0.25) is 0 Å². The standard InChI is InChI=1S/C16H11N2.C8H4Cl.Pt/c1-2-7-13(8-3-1)14-10-6-11-16(18-14)15-9-4-5-12-17-15;1-2-7-3-5-8(9)6-4-7;/h1-7,9-12H;3-6H;/q2*-1;+2. The first-order valence-corrected chi connectivity index (χ1v) is 8.68. The SMILES string of the molecule is [C-]#Cc1ccc(Cl)cc1.[Pt+2].[c-]1ccccc1-c1cccc(-c2ccccn2)n1. The van der Waals surface area contributed by atoms with Crippen molar-refractivity contribution in [1.82, 2.24) is 9.97 Å². The summed E-state index contributed by atoms with van der Waals surface area (Å²) >= 11 is 5.58. The first-order valence-electron chi connectivity index (χ1n) is 8.30. The number of hydrogen-bond acceptors (Lipinski definition) is 2. The Morgan fingerprint density at radius 3 is 2.14 bits per heavy atom. The van der Waals surface area contributed by atoms with Crippen LogP contribution in [0.5, 0.6) is 0 Å². The van der Waals surface area contributed by atoms with E-state index in [-0.39, 0.29) is 21.1 Å². The molecule has 4 aromatic rings. The van der Waals surface area contributed by atoms with Gasteiger partial charge in [-0.2, -0.15) is 0 Å². The first-order chi connectivity index (χ1) is 13.3. The molecule has 2 heterocycles. The second kappa shape index (κ2) is 11.2. The Morgan fingerprint density at radius 2 is 1.50 bits per heavy atom. The Hall–Kier alpha value is -2.72. The first kappa shape index (κ1) is 21.6. The van der Waals surface area contributed by atoms with Crippen molar-refractivity contribution in [1.29, 1.82) is 0 Å². The second-order valence-corrected chi connectivity index (χ2v) is 5.97. The van der Waals surface area contributed by atoms with Crippen LogP contribution in [0.25, 0.3) is 22.6 Å². The molecular weight excluding hydrogens is 547 g/mol. The molecule has 0 saturated carbocycles. The van der Waals surface area contributed by atoms with Gasteiger partial charge in [0.05, 0.1) is 11.4 Å². The maximum absolute atomic E-state index is 6.72. The van der Waals surface area contributed by atoms with Crippen molar-refractivity contribution >= 4 is 11.6 Å². The average molecular weight is 562 g/mol. The van der Waals surface area contributed by atoms with E-state index in [2.05, 4.69) is 22.0 Å². The van der Waals surface area contributed by atoms with Gasteiger partial charge in [0, 0.05) is 11.2 Å². The van der Waals surface area contributed by atoms with Crippen molar-refractivity contribution in [2.75, 3.05) is 0 Å². The van der Waals surface area contributed by atoms with Gasteiger partial charge in [-0.3, -0.25) is 15.9 Å². The Bertz CT molecular complexity index is 973. The fourth-order valence-corrected chi connectivity index (χ4v) is 2.45. The molecule has 4 heteroatoms. The molecule has 0 N–H and O–H groups in total. The molecule has 138 valence electrons. The van der Waals surface area contributed by atoms with Crippen LogP contribution in [0.4, 0.5) is 0 Å². The monoisotopic (exact) mass is 561 g/mol. The van der Waals surface area contributed by atoms with E-state index in [4.69, 9.17) is 18.0 Å². The summed E-state index contributed by atoms with van der Waals surface area (Å²) in [5.41, 5.74) is 4.43. The third-order valence-electron chi connectivity index (χ3n) is 3.65. The largest absolute Gasteiger partial charge is 2.00 e. The summed E-state index contributed by atoms with van der Waals surface area (Å²) in [7, 11) is 0. The minimum absolute atomic E-state index is 0. The number of aromatic nitrogens is 2. The molecule has 0 atom stereocenters. The zero-order valence-corrected chi connectivity index (χ0v) is 17.8. The summed E-state index contributed by atoms with van der Waals surface area (Å²) in [6.45, 7) is 0. The summed E-state index contributed by atoms with van der Waals surface area (Å²) in [4.78, 5) is 8.93. The van der Waals surface area contributed by atoms with Gasteiger partial charge in [-0.25, -0.2) is 0 Å². The van der Waals surface area contributed by atoms with Crippen LogP contribution in [0.3, 0.4) is 0 Å². The van der Waals surface area contributed by atoms with Gasteiger partial charge in [0.1, 0.15) is 0 Å². The number of benzene rings is 2. The van der Waals surface area contributed by atoms with Crippen molar-refractivity contribution < 1.29 is 21.1 Å². The van der Waals surface area contributed by atoms with Crippen LogP contribution < -0.4 is 0 Å². The van der Waals surface area contributed by atoms with Crippen molar-refractivity contribution in [3.63, 3.8) is 0 Å². The predicted octanol–water partition coefficient (Wildman–Crippen LogP) is 5.89. The number of hydrogen-bond donors (Lipinski definition) is 0. The summed E-state index contributed by atoms with van der Waals surface area (Å²) in [6, 6.07) is 29.7. The molecule has 0 radical (unpaired) electrons. The van der Waals surface area contributed by atoms with E-state index in [1.54, 1.807) is 30.5 Å². The molecule has 4 rings (SSSR count). The van der Waals surface area contributed by atoms with Crippen LogP contribution in [0.2, 0.25) is 5.02 Å². The van der Waals surface area contributed by atoms with Crippen molar-refractivity contribution in [3.05, 3.63) is 114 Å². The Kier molecular flexibility index (Phi) is 8.63. The summed E-state index contributed by atoms with van der Waals surface area (Å²) < 4.78 is 0. The third-order valence-corrected chi connectivity index (χ3v) is 3.90. The Balaban J connectivity index is 0.000000239. The van der Waals surface area contributed by atoms with Crippen LogP contribution >= 0.6 is 11.6 Å². The minimum atomic E-state index is 0. The van der Waals surface area contributed by atoms with Gasteiger partial charge in [-0.05, 0) is 23.9 Å². The van der Waals surface area contributed by atoms with Gasteiger partial charge in [-0.15, -0.1) is 53.6 Å². The van der Waals surface area contributed by atoms with E-state index in [1.165, 1.54) is 0 Å². The van der Waals surface area contributed by atoms with Crippen LogP contribution in [-0.2, 0) is 21.1 Å². The maximum Gasteiger partial charge on any atom is 2.00 e. The Labute approximate surface area is 184 Å². The van der Waals surface area contributed by atoms with Crippen LogP contribution in [0.15, 0.2) is 91.1 Å². The van der Waals surface area contributed by atoms with Crippen LogP contribution in [-0.4, -0.2) is 9.97 Å². The topological polar surface area (TPSA) is 25.8 Å². The van der Waals surface area contributed by atoms with Crippen molar-refractivity contribution in [2.24, 2.45) is 0 Å². The predicted molar refractivity (Wildman–Crippen MR) is 109 cm³/mol. The fourth-order valence-electron chi connectivity index (χ4n) is 2.33. The van der Waals surface area contributed by atoms with E-state index in [9.17, 15) is 0 Å². The Morgan fingerprint density at radius 1 is 0.786 bits per heavy atom. The molecule has 0 aliphatic carbocycles. The van der Waals surface area contributed by atoms with E-state index < -0.39 is 0 Å². The van der Waals surface area contributed by atoms with Crippen molar-refractivity contribution in [3.8, 4) is 28.6 Å². The molecule has 2 nitrogen and oxygen atoms in total. The second-order valence-electron chi connectivity index (χ2n) is 5.53. The molecule has 0 aliphatic rings. The summed E-state index contributed by atoms with van der Waals surface area (Å²) in [5.74, 6) is 2.25. The number of nitrogens with zero attached hydrogens (tertiary/aromatic N) is 2. The number of pyridine rings is 2. The van der Waals surface area contributed by atoms with E-state index in [0.717, 1.165) is 28.2 Å². The number of halogens is 1. The van der Waals surface area contributed by atoms with Crippen LogP contribution in [0.1, 0.15) is 5.56 Å². The van der Waals surface area contributed by atoms with Crippen LogP contribution in [0, 0.1) is 18.4 Å². The van der Waals surface area contributed by atoms with Gasteiger partial charge in [0.15, 0.2) is 0 Å². The average Bonchev–Trinajstić information content (AvgIpc) is 2.76. The smallest absolute Gasteiger partial charge is 0.366 e. The summed E-state index contributed by atoms with van der Waals surface area (Å²) in [6.07, 6.45) is 8.50. The zero-order chi connectivity index (χ0) is 18.9. The fraction of sp³-hybridized carbons (Fsp3) is 0. The zero-order valence-electron chi connectivity index (χ0n) is 14.7. The molecule has 28 heavy (non-hydrogen) atoms. The quantitative estimate of drug-likeness (QED) is 0.225. The van der Waals surface area contributed by atoms with Gasteiger partial charge in [0.25, 0.3) is 0 Å². The van der Waals surface area contributed by atoms with E-state index in [1.807, 2.05) is 60.7 Å². The molecule has 2 aromatic carbocycles. The molecule has 0 aliphatic heterocycles. The normalized spacial score (nSPS) is 9.29. The molecule has 0 spiro atoms. The van der Waals surface area contributed by atoms with E-state index in [0.29, 0.717) is 5.02 Å². The minimum Gasteiger partial charge on any atom is -0.366 e. The summed E-state index contributed by atoms with van der Waals surface area (Å²) in [5, 5.41) is 0.689. The molecule has 0 bridgehead atoms.